The van der Waals surface area contributed by atoms with Gasteiger partial charge in [0, 0.05) is 24.0 Å². The van der Waals surface area contributed by atoms with E-state index in [4.69, 9.17) is 24.8 Å². The van der Waals surface area contributed by atoms with Gasteiger partial charge < -0.3 is 30.6 Å². The lowest BCUT2D eigenvalue weighted by atomic mass is 9.86. The Morgan fingerprint density at radius 3 is 2.14 bits per heavy atom. The van der Waals surface area contributed by atoms with Crippen LogP contribution >= 0.6 is 0 Å². The molecule has 300 valence electrons. The second-order valence-electron chi connectivity index (χ2n) is 14.2. The highest BCUT2D eigenvalue weighted by molar-refractivity contribution is 5.97. The molecule has 0 saturated heterocycles. The molecule has 0 bridgehead atoms. The summed E-state index contributed by atoms with van der Waals surface area (Å²) in [5.41, 5.74) is 6.08. The molecular formula is C44H56N4O8. The number of hydroxylamine groups is 2. The number of nitrogens with zero attached hydrogens (tertiary/aromatic N) is 1. The van der Waals surface area contributed by atoms with Crippen LogP contribution in [0.15, 0.2) is 84.9 Å². The third kappa shape index (κ3) is 11.0. The van der Waals surface area contributed by atoms with Crippen molar-refractivity contribution in [3.63, 3.8) is 0 Å². The van der Waals surface area contributed by atoms with E-state index in [1.165, 1.54) is 12.2 Å². The van der Waals surface area contributed by atoms with E-state index in [-0.39, 0.29) is 25.5 Å². The van der Waals surface area contributed by atoms with Gasteiger partial charge in [0.05, 0.1) is 27.9 Å². The number of primary amides is 1. The summed E-state index contributed by atoms with van der Waals surface area (Å²) in [6.07, 6.45) is 2.18. The zero-order valence-electron chi connectivity index (χ0n) is 33.6. The number of ether oxygens (including phenoxy) is 3. The average molecular weight is 769 g/mol. The Hall–Kier alpha value is -5.62. The highest BCUT2D eigenvalue weighted by atomic mass is 16.7. The third-order valence-electron chi connectivity index (χ3n) is 10.3. The van der Waals surface area contributed by atoms with E-state index in [0.29, 0.717) is 47.6 Å². The maximum absolute atomic E-state index is 14.5. The first-order chi connectivity index (χ1) is 26.9. The Bertz CT molecular complexity index is 1950. The molecule has 0 aromatic heterocycles. The predicted molar refractivity (Wildman–Crippen MR) is 216 cm³/mol. The van der Waals surface area contributed by atoms with Gasteiger partial charge in [-0.15, -0.1) is 0 Å². The van der Waals surface area contributed by atoms with Crippen molar-refractivity contribution in [1.82, 2.24) is 15.7 Å². The van der Waals surface area contributed by atoms with Crippen molar-refractivity contribution < 1.29 is 38.2 Å². The number of carbonyl (C=O) groups is 4. The molecule has 56 heavy (non-hydrogen) atoms. The topological polar surface area (TPSA) is 159 Å². The molecule has 12 nitrogen and oxygen atoms in total. The van der Waals surface area contributed by atoms with Crippen molar-refractivity contribution >= 4 is 34.4 Å². The van der Waals surface area contributed by atoms with Crippen molar-refractivity contribution in [2.45, 2.75) is 84.5 Å². The Balaban J connectivity index is 1.68. The second kappa shape index (κ2) is 20.3. The standard InChI is InChI=1S/C44H56N4O8/c1-8-10-13-33(25-39(49)48(56-28-30-16-21-36(53-5)22-17-30)27-34-19-23-37(54-6)26-38(34)55-7)42(51)47-44(4,43(52)46-40(41(45)50)29(3)9-2)35-20-18-31-14-11-12-15-32(31)24-35/h11-12,14-24,26,29,33,40H,8-10,13,25,27-28H2,1-7H3,(H2,45,50)(H,46,52)(H,47,51)/t29?,33-,40+,44+/m1/s1. The van der Waals surface area contributed by atoms with Crippen LogP contribution in [0, 0.1) is 11.8 Å². The van der Waals surface area contributed by atoms with Gasteiger partial charge in [-0.2, -0.15) is 0 Å². The van der Waals surface area contributed by atoms with E-state index >= 15 is 0 Å². The van der Waals surface area contributed by atoms with Crippen LogP contribution in [0.25, 0.3) is 10.8 Å². The smallest absolute Gasteiger partial charge is 0.250 e. The van der Waals surface area contributed by atoms with E-state index in [1.807, 2.05) is 69.3 Å². The molecule has 0 aliphatic rings. The lowest BCUT2D eigenvalue weighted by Crippen LogP contribution is -2.60. The van der Waals surface area contributed by atoms with E-state index in [9.17, 15) is 19.2 Å². The van der Waals surface area contributed by atoms with Gasteiger partial charge >= 0.3 is 0 Å². The number of hydrogen-bond donors (Lipinski definition) is 3. The molecule has 4 atom stereocenters. The maximum Gasteiger partial charge on any atom is 0.250 e. The molecular weight excluding hydrogens is 713 g/mol. The van der Waals surface area contributed by atoms with Crippen LogP contribution in [0.4, 0.5) is 0 Å². The number of nitrogens with one attached hydrogen (secondary N) is 2. The number of nitrogens with two attached hydrogens (primary N) is 1. The summed E-state index contributed by atoms with van der Waals surface area (Å²) < 4.78 is 16.3. The fraction of sp³-hybridized carbons (Fsp3) is 0.409. The first-order valence-corrected chi connectivity index (χ1v) is 19.1. The summed E-state index contributed by atoms with van der Waals surface area (Å²) in [4.78, 5) is 61.9. The molecule has 0 fully saturated rings. The Morgan fingerprint density at radius 2 is 1.52 bits per heavy atom. The number of amides is 4. The summed E-state index contributed by atoms with van der Waals surface area (Å²) in [6.45, 7) is 7.43. The van der Waals surface area contributed by atoms with E-state index in [2.05, 4.69) is 10.6 Å². The van der Waals surface area contributed by atoms with Crippen LogP contribution < -0.4 is 30.6 Å². The zero-order chi connectivity index (χ0) is 40.8. The van der Waals surface area contributed by atoms with Crippen molar-refractivity contribution in [3.8, 4) is 17.2 Å². The number of rotatable bonds is 21. The van der Waals surface area contributed by atoms with E-state index in [0.717, 1.165) is 22.8 Å². The van der Waals surface area contributed by atoms with Crippen molar-refractivity contribution in [2.75, 3.05) is 21.3 Å². The molecule has 0 saturated carbocycles. The average Bonchev–Trinajstić information content (AvgIpc) is 3.22. The van der Waals surface area contributed by atoms with Crippen LogP contribution in [-0.4, -0.2) is 56.1 Å². The van der Waals surface area contributed by atoms with E-state index in [1.54, 1.807) is 57.5 Å². The van der Waals surface area contributed by atoms with Gasteiger partial charge in [-0.05, 0) is 71.5 Å². The molecule has 0 aliphatic heterocycles. The Labute approximate surface area is 330 Å². The maximum atomic E-state index is 14.5. The molecule has 4 amide bonds. The molecule has 0 heterocycles. The van der Waals surface area contributed by atoms with Gasteiger partial charge in [0.1, 0.15) is 35.4 Å². The number of benzene rings is 4. The summed E-state index contributed by atoms with van der Waals surface area (Å²) in [6, 6.07) is 24.8. The number of fused-ring (bicyclic) bond motifs is 1. The summed E-state index contributed by atoms with van der Waals surface area (Å²) in [7, 11) is 4.67. The SMILES string of the molecule is CCCC[C@H](CC(=O)N(Cc1ccc(OC)cc1OC)OCc1ccc(OC)cc1)C(=O)N[C@](C)(C(=O)N[C@H](C(N)=O)C(C)CC)c1ccc2ccccc2c1. The van der Waals surface area contributed by atoms with Crippen LogP contribution in [0.5, 0.6) is 17.2 Å². The molecule has 4 aromatic carbocycles. The van der Waals surface area contributed by atoms with Gasteiger partial charge in [0.25, 0.3) is 5.91 Å². The predicted octanol–water partition coefficient (Wildman–Crippen LogP) is 6.57. The van der Waals surface area contributed by atoms with Gasteiger partial charge in [-0.1, -0.05) is 88.6 Å². The first-order valence-electron chi connectivity index (χ1n) is 19.1. The minimum Gasteiger partial charge on any atom is -0.497 e. The largest absolute Gasteiger partial charge is 0.497 e. The van der Waals surface area contributed by atoms with Crippen molar-refractivity contribution in [1.29, 1.82) is 0 Å². The summed E-state index contributed by atoms with van der Waals surface area (Å²) >= 11 is 0. The number of methoxy groups -OCH3 is 3. The first kappa shape index (κ1) is 43.1. The minimum atomic E-state index is -1.64. The lowest BCUT2D eigenvalue weighted by molar-refractivity contribution is -0.197. The quantitative estimate of drug-likeness (QED) is 0.0804. The fourth-order valence-electron chi connectivity index (χ4n) is 6.43. The fourth-order valence-corrected chi connectivity index (χ4v) is 6.43. The summed E-state index contributed by atoms with van der Waals surface area (Å²) in [5.74, 6) is -1.51. The van der Waals surface area contributed by atoms with Crippen LogP contribution in [0.2, 0.25) is 0 Å². The highest BCUT2D eigenvalue weighted by Crippen LogP contribution is 2.30. The molecule has 4 rings (SSSR count). The molecule has 12 heteroatoms. The van der Waals surface area contributed by atoms with E-state index < -0.39 is 41.1 Å². The van der Waals surface area contributed by atoms with Crippen LogP contribution in [0.1, 0.15) is 76.5 Å². The molecule has 0 spiro atoms. The molecule has 1 unspecified atom stereocenters. The van der Waals surface area contributed by atoms with Gasteiger partial charge in [0.15, 0.2) is 0 Å². The molecule has 4 N–H and O–H groups in total. The number of unbranched alkanes of at least 4 members (excludes halogenated alkanes) is 1. The normalized spacial score (nSPS) is 13.8. The van der Waals surface area contributed by atoms with Crippen LogP contribution in [-0.2, 0) is 42.7 Å². The number of carbonyl (C=O) groups excluding carboxylic acids is 4. The highest BCUT2D eigenvalue weighted by Gasteiger charge is 2.41. The molecule has 0 radical (unpaired) electrons. The van der Waals surface area contributed by atoms with Crippen molar-refractivity contribution in [3.05, 3.63) is 102 Å². The van der Waals surface area contributed by atoms with Gasteiger partial charge in [-0.25, -0.2) is 5.06 Å². The third-order valence-corrected chi connectivity index (χ3v) is 10.3. The molecule has 4 aromatic rings. The second-order valence-corrected chi connectivity index (χ2v) is 14.2. The zero-order valence-corrected chi connectivity index (χ0v) is 33.6. The minimum absolute atomic E-state index is 0.0194. The Kier molecular flexibility index (Phi) is 15.7. The van der Waals surface area contributed by atoms with Crippen LogP contribution in [0.3, 0.4) is 0 Å². The summed E-state index contributed by atoms with van der Waals surface area (Å²) in [5, 5.41) is 8.92. The molecule has 0 aliphatic carbocycles. The Morgan fingerprint density at radius 1 is 0.839 bits per heavy atom. The number of hydrogen-bond acceptors (Lipinski definition) is 8. The van der Waals surface area contributed by atoms with Gasteiger partial charge in [0.2, 0.25) is 17.7 Å². The van der Waals surface area contributed by atoms with Gasteiger partial charge in [-0.3, -0.25) is 24.0 Å². The monoisotopic (exact) mass is 768 g/mol. The lowest BCUT2D eigenvalue weighted by Gasteiger charge is -2.34. The van der Waals surface area contributed by atoms with Crippen molar-refractivity contribution in [2.24, 2.45) is 17.6 Å².